The number of nitrogens with zero attached hydrogens (tertiary/aromatic N) is 1. The Morgan fingerprint density at radius 3 is 2.72 bits per heavy atom. The Kier molecular flexibility index (Phi) is 2.80. The fourth-order valence-corrected chi connectivity index (χ4v) is 2.34. The number of hydrogen-bond acceptors (Lipinski definition) is 5. The largest absolute Gasteiger partial charge is 0.454 e. The molecule has 2 aliphatic rings. The zero-order valence-corrected chi connectivity index (χ0v) is 10.4. The Hall–Kier alpha value is -1.46. The summed E-state index contributed by atoms with van der Waals surface area (Å²) < 4.78 is 15.9. The summed E-state index contributed by atoms with van der Waals surface area (Å²) in [6.07, 6.45) is 0. The maximum absolute atomic E-state index is 9.44. The molecule has 0 unspecified atom stereocenters. The van der Waals surface area contributed by atoms with Gasteiger partial charge in [-0.25, -0.2) is 0 Å². The normalized spacial score (nSPS) is 19.4. The van der Waals surface area contributed by atoms with Gasteiger partial charge in [-0.05, 0) is 12.1 Å². The van der Waals surface area contributed by atoms with E-state index in [4.69, 9.17) is 14.2 Å². The third-order valence-electron chi connectivity index (χ3n) is 3.52. The SMILES string of the molecule is CN(CC1(CO)COC1)c1ccc2c(c1)OCO2. The van der Waals surface area contributed by atoms with E-state index in [0.29, 0.717) is 13.2 Å². The highest BCUT2D eigenvalue weighted by Crippen LogP contribution is 2.36. The molecule has 0 atom stereocenters. The van der Waals surface area contributed by atoms with Crippen LogP contribution in [0.15, 0.2) is 18.2 Å². The van der Waals surface area contributed by atoms with Crippen molar-refractivity contribution in [1.82, 2.24) is 0 Å². The van der Waals surface area contributed by atoms with Gasteiger partial charge in [0.05, 0.1) is 25.2 Å². The molecule has 0 spiro atoms. The van der Waals surface area contributed by atoms with Crippen molar-refractivity contribution < 1.29 is 19.3 Å². The maximum atomic E-state index is 9.44. The highest BCUT2D eigenvalue weighted by atomic mass is 16.7. The highest BCUT2D eigenvalue weighted by molar-refractivity contribution is 5.57. The average Bonchev–Trinajstić information content (AvgIpc) is 2.80. The molecule has 0 saturated carbocycles. The molecule has 2 aliphatic heterocycles. The fourth-order valence-electron chi connectivity index (χ4n) is 2.34. The average molecular weight is 251 g/mol. The van der Waals surface area contributed by atoms with Crippen LogP contribution in [-0.4, -0.2) is 45.3 Å². The summed E-state index contributed by atoms with van der Waals surface area (Å²) in [7, 11) is 2.01. The van der Waals surface area contributed by atoms with Gasteiger partial charge in [0.1, 0.15) is 0 Å². The van der Waals surface area contributed by atoms with Crippen LogP contribution in [0.1, 0.15) is 0 Å². The van der Waals surface area contributed by atoms with E-state index in [0.717, 1.165) is 23.7 Å². The maximum Gasteiger partial charge on any atom is 0.231 e. The number of anilines is 1. The molecular weight excluding hydrogens is 234 g/mol. The van der Waals surface area contributed by atoms with E-state index in [1.54, 1.807) is 0 Å². The predicted octanol–water partition coefficient (Wildman–Crippen LogP) is 0.860. The third kappa shape index (κ3) is 1.89. The summed E-state index contributed by atoms with van der Waals surface area (Å²) >= 11 is 0. The second-order valence-electron chi connectivity index (χ2n) is 5.04. The van der Waals surface area contributed by atoms with Gasteiger partial charge in [-0.3, -0.25) is 0 Å². The van der Waals surface area contributed by atoms with Crippen LogP contribution in [0.25, 0.3) is 0 Å². The monoisotopic (exact) mass is 251 g/mol. The van der Waals surface area contributed by atoms with Crippen LogP contribution in [0.2, 0.25) is 0 Å². The molecule has 0 aliphatic carbocycles. The molecule has 5 nitrogen and oxygen atoms in total. The van der Waals surface area contributed by atoms with Gasteiger partial charge in [0, 0.05) is 25.3 Å². The summed E-state index contributed by atoms with van der Waals surface area (Å²) in [5.41, 5.74) is 0.935. The van der Waals surface area contributed by atoms with Crippen molar-refractivity contribution in [2.75, 3.05) is 45.1 Å². The summed E-state index contributed by atoms with van der Waals surface area (Å²) in [6.45, 7) is 2.46. The van der Waals surface area contributed by atoms with Gasteiger partial charge < -0.3 is 24.2 Å². The van der Waals surface area contributed by atoms with E-state index < -0.39 is 0 Å². The van der Waals surface area contributed by atoms with Gasteiger partial charge in [-0.1, -0.05) is 0 Å². The minimum absolute atomic E-state index is 0.120. The van der Waals surface area contributed by atoms with E-state index in [9.17, 15) is 5.11 Å². The number of hydrogen-bond donors (Lipinski definition) is 1. The number of aliphatic hydroxyl groups excluding tert-OH is 1. The lowest BCUT2D eigenvalue weighted by molar-refractivity contribution is -0.130. The summed E-state index contributed by atoms with van der Waals surface area (Å²) in [5.74, 6) is 1.57. The van der Waals surface area contributed by atoms with Gasteiger partial charge in [0.15, 0.2) is 11.5 Å². The topological polar surface area (TPSA) is 51.2 Å². The Morgan fingerprint density at radius 1 is 1.28 bits per heavy atom. The van der Waals surface area contributed by atoms with E-state index in [2.05, 4.69) is 4.90 Å². The zero-order valence-electron chi connectivity index (χ0n) is 10.4. The molecule has 1 aromatic rings. The minimum atomic E-state index is -0.120. The summed E-state index contributed by atoms with van der Waals surface area (Å²) in [4.78, 5) is 2.11. The van der Waals surface area contributed by atoms with Crippen molar-refractivity contribution in [3.8, 4) is 11.5 Å². The summed E-state index contributed by atoms with van der Waals surface area (Å²) in [6, 6.07) is 5.88. The molecule has 2 heterocycles. The Balaban J connectivity index is 1.74. The molecular formula is C13H17NO4. The molecule has 0 aromatic heterocycles. The van der Waals surface area contributed by atoms with Crippen LogP contribution in [0, 0.1) is 5.41 Å². The van der Waals surface area contributed by atoms with Crippen LogP contribution < -0.4 is 14.4 Å². The lowest BCUT2D eigenvalue weighted by Crippen LogP contribution is -2.52. The van der Waals surface area contributed by atoms with Crippen molar-refractivity contribution in [3.05, 3.63) is 18.2 Å². The first-order valence-corrected chi connectivity index (χ1v) is 6.02. The van der Waals surface area contributed by atoms with Gasteiger partial charge in [-0.2, -0.15) is 0 Å². The first-order valence-electron chi connectivity index (χ1n) is 6.02. The molecule has 0 radical (unpaired) electrons. The van der Waals surface area contributed by atoms with E-state index in [1.807, 2.05) is 25.2 Å². The van der Waals surface area contributed by atoms with Gasteiger partial charge in [0.25, 0.3) is 0 Å². The smallest absolute Gasteiger partial charge is 0.231 e. The number of aliphatic hydroxyl groups is 1. The van der Waals surface area contributed by atoms with Gasteiger partial charge >= 0.3 is 0 Å². The van der Waals surface area contributed by atoms with Crippen molar-refractivity contribution in [2.24, 2.45) is 5.41 Å². The molecule has 1 saturated heterocycles. The number of rotatable bonds is 4. The third-order valence-corrected chi connectivity index (χ3v) is 3.52. The highest BCUT2D eigenvalue weighted by Gasteiger charge is 2.39. The second kappa shape index (κ2) is 4.33. The van der Waals surface area contributed by atoms with Crippen molar-refractivity contribution in [3.63, 3.8) is 0 Å². The van der Waals surface area contributed by atoms with Gasteiger partial charge in [-0.15, -0.1) is 0 Å². The van der Waals surface area contributed by atoms with E-state index in [-0.39, 0.29) is 18.8 Å². The zero-order chi connectivity index (χ0) is 12.6. The van der Waals surface area contributed by atoms with Crippen LogP contribution in [0.3, 0.4) is 0 Å². The van der Waals surface area contributed by atoms with Crippen LogP contribution in [0.4, 0.5) is 5.69 Å². The molecule has 18 heavy (non-hydrogen) atoms. The Bertz CT molecular complexity index is 439. The lowest BCUT2D eigenvalue weighted by Gasteiger charge is -2.42. The summed E-state index contributed by atoms with van der Waals surface area (Å²) in [5, 5.41) is 9.44. The van der Waals surface area contributed by atoms with Crippen LogP contribution >= 0.6 is 0 Å². The number of fused-ring (bicyclic) bond motifs is 1. The van der Waals surface area contributed by atoms with Crippen molar-refractivity contribution in [2.45, 2.75) is 0 Å². The molecule has 1 fully saturated rings. The molecule has 1 aromatic carbocycles. The van der Waals surface area contributed by atoms with E-state index >= 15 is 0 Å². The molecule has 0 bridgehead atoms. The van der Waals surface area contributed by atoms with Crippen LogP contribution in [0.5, 0.6) is 11.5 Å². The van der Waals surface area contributed by atoms with Gasteiger partial charge in [0.2, 0.25) is 6.79 Å². The quantitative estimate of drug-likeness (QED) is 0.860. The molecule has 1 N–H and O–H groups in total. The Labute approximate surface area is 106 Å². The Morgan fingerprint density at radius 2 is 2.06 bits per heavy atom. The predicted molar refractivity (Wildman–Crippen MR) is 66.2 cm³/mol. The first-order chi connectivity index (χ1) is 8.72. The molecule has 3 rings (SSSR count). The molecule has 5 heteroatoms. The van der Waals surface area contributed by atoms with Crippen molar-refractivity contribution >= 4 is 5.69 Å². The fraction of sp³-hybridized carbons (Fsp3) is 0.538. The number of ether oxygens (including phenoxy) is 3. The lowest BCUT2D eigenvalue weighted by atomic mass is 9.86. The molecule has 0 amide bonds. The molecule has 98 valence electrons. The second-order valence-corrected chi connectivity index (χ2v) is 5.04. The van der Waals surface area contributed by atoms with Crippen molar-refractivity contribution in [1.29, 1.82) is 0 Å². The van der Waals surface area contributed by atoms with E-state index in [1.165, 1.54) is 0 Å². The minimum Gasteiger partial charge on any atom is -0.454 e. The first kappa shape index (κ1) is 11.6. The van der Waals surface area contributed by atoms with Crippen LogP contribution in [-0.2, 0) is 4.74 Å². The standard InChI is InChI=1S/C13H17NO4/c1-14(5-13(6-15)7-16-8-13)10-2-3-11-12(4-10)18-9-17-11/h2-4,15H,5-9H2,1H3. The number of benzene rings is 1.